The van der Waals surface area contributed by atoms with E-state index in [1.165, 1.54) is 0 Å². The number of aryl methyl sites for hydroxylation is 1. The summed E-state index contributed by atoms with van der Waals surface area (Å²) < 4.78 is 18.7. The van der Waals surface area contributed by atoms with Crippen molar-refractivity contribution in [3.63, 3.8) is 0 Å². The van der Waals surface area contributed by atoms with Crippen LogP contribution in [0.1, 0.15) is 42.4 Å². The molecular formula is C33H34ClNO7. The maximum atomic E-state index is 11.5. The molecule has 3 aromatic carbocycles. The van der Waals surface area contributed by atoms with E-state index in [-0.39, 0.29) is 12.8 Å². The van der Waals surface area contributed by atoms with Gasteiger partial charge in [0.15, 0.2) is 0 Å². The summed E-state index contributed by atoms with van der Waals surface area (Å²) in [6.45, 7) is 1.60. The van der Waals surface area contributed by atoms with Crippen LogP contribution < -0.4 is 14.2 Å². The molecule has 0 aliphatic heterocycles. The number of hydrogen-bond donors (Lipinski definition) is 2. The van der Waals surface area contributed by atoms with Gasteiger partial charge in [0.2, 0.25) is 0 Å². The lowest BCUT2D eigenvalue weighted by atomic mass is 10.0. The molecule has 0 spiro atoms. The first-order chi connectivity index (χ1) is 20.3. The first-order valence-corrected chi connectivity index (χ1v) is 14.1. The van der Waals surface area contributed by atoms with Crippen LogP contribution in [0.2, 0.25) is 5.02 Å². The van der Waals surface area contributed by atoms with Crippen molar-refractivity contribution in [2.24, 2.45) is 0 Å². The molecule has 0 unspecified atom stereocenters. The number of aliphatic carboxylic acids is 2. The summed E-state index contributed by atoms with van der Waals surface area (Å²) in [4.78, 5) is 22.5. The Morgan fingerprint density at radius 2 is 1.62 bits per heavy atom. The van der Waals surface area contributed by atoms with Gasteiger partial charge < -0.3 is 29.0 Å². The van der Waals surface area contributed by atoms with Crippen molar-refractivity contribution >= 4 is 46.6 Å². The lowest BCUT2D eigenvalue weighted by Crippen LogP contribution is -2.03. The van der Waals surface area contributed by atoms with Crippen molar-refractivity contribution in [2.75, 3.05) is 20.3 Å². The predicted octanol–water partition coefficient (Wildman–Crippen LogP) is 7.20. The molecule has 0 aliphatic carbocycles. The highest BCUT2D eigenvalue weighted by Crippen LogP contribution is 2.30. The van der Waals surface area contributed by atoms with E-state index in [0.717, 1.165) is 40.6 Å². The highest BCUT2D eigenvalue weighted by Gasteiger charge is 2.14. The molecule has 220 valence electrons. The second-order valence-electron chi connectivity index (χ2n) is 9.76. The van der Waals surface area contributed by atoms with Gasteiger partial charge in [0.05, 0.1) is 31.8 Å². The quantitative estimate of drug-likeness (QED) is 0.105. The number of nitrogens with zero attached hydrogens (tertiary/aromatic N) is 1. The highest BCUT2D eigenvalue weighted by atomic mass is 35.5. The number of hydrogen-bond acceptors (Lipinski definition) is 5. The number of carboxylic acids is 2. The molecule has 1 aromatic heterocycles. The molecule has 0 saturated heterocycles. The molecule has 0 amide bonds. The van der Waals surface area contributed by atoms with Crippen LogP contribution in [0.15, 0.2) is 66.9 Å². The van der Waals surface area contributed by atoms with E-state index in [4.69, 9.17) is 30.9 Å². The Balaban J connectivity index is 1.32. The van der Waals surface area contributed by atoms with E-state index in [9.17, 15) is 14.7 Å². The fraction of sp³-hybridized carbons (Fsp3) is 0.273. The molecule has 1 heterocycles. The average Bonchev–Trinajstić information content (AvgIpc) is 3.31. The van der Waals surface area contributed by atoms with Gasteiger partial charge in [-0.25, -0.2) is 0 Å². The first kappa shape index (κ1) is 30.5. The Hall–Kier alpha value is -4.43. The van der Waals surface area contributed by atoms with E-state index in [1.54, 1.807) is 19.2 Å². The van der Waals surface area contributed by atoms with Crippen LogP contribution in [0, 0.1) is 0 Å². The molecule has 0 aliphatic rings. The summed E-state index contributed by atoms with van der Waals surface area (Å²) in [5.74, 6) is 0.327. The van der Waals surface area contributed by atoms with E-state index in [1.807, 2.05) is 71.4 Å². The number of halogens is 1. The lowest BCUT2D eigenvalue weighted by molar-refractivity contribution is -0.137. The van der Waals surface area contributed by atoms with Gasteiger partial charge in [-0.3, -0.25) is 9.59 Å². The first-order valence-electron chi connectivity index (χ1n) is 13.8. The third-order valence-electron chi connectivity index (χ3n) is 6.69. The van der Waals surface area contributed by atoms with Crippen molar-refractivity contribution < 1.29 is 34.0 Å². The summed E-state index contributed by atoms with van der Waals surface area (Å²) in [5.41, 5.74) is 3.47. The van der Waals surface area contributed by atoms with Gasteiger partial charge in [-0.15, -0.1) is 0 Å². The van der Waals surface area contributed by atoms with Crippen molar-refractivity contribution in [3.05, 3.63) is 88.6 Å². The average molecular weight is 592 g/mol. The zero-order valence-electron chi connectivity index (χ0n) is 23.4. The zero-order valence-corrected chi connectivity index (χ0v) is 24.2. The van der Waals surface area contributed by atoms with Crippen molar-refractivity contribution in [1.29, 1.82) is 0 Å². The SMILES string of the molecule is COc1ccc(OCCCCOc2ccc(C=Cc3cccc4c3c(CC(=O)O)cn4CCCC(=O)O)cc2)c(Cl)c1. The van der Waals surface area contributed by atoms with Gasteiger partial charge in [-0.05, 0) is 66.3 Å². The molecular weight excluding hydrogens is 558 g/mol. The number of fused-ring (bicyclic) bond motifs is 1. The van der Waals surface area contributed by atoms with Gasteiger partial charge in [0.25, 0.3) is 0 Å². The molecule has 0 fully saturated rings. The van der Waals surface area contributed by atoms with Crippen LogP contribution in [-0.4, -0.2) is 47.0 Å². The molecule has 0 bridgehead atoms. The Kier molecular flexibility index (Phi) is 10.9. The van der Waals surface area contributed by atoms with Crippen molar-refractivity contribution in [1.82, 2.24) is 4.57 Å². The molecule has 4 rings (SSSR count). The standard InChI is InChI=1S/C33H34ClNO7/c1-40-27-15-16-30(28(34)21-27)42-19-3-2-18-41-26-13-10-23(11-14-26)9-12-24-6-4-7-29-33(24)25(20-32(38)39)22-35(29)17-5-8-31(36)37/h4,6-7,9-16,21-22H,2-3,5,8,17-20H2,1H3,(H,36,37)(H,38,39). The maximum Gasteiger partial charge on any atom is 0.307 e. The minimum absolute atomic E-state index is 0.0571. The number of unbranched alkanes of at least 4 members (excludes halogenated alkanes) is 1. The number of ether oxygens (including phenoxy) is 3. The normalized spacial score (nSPS) is 11.2. The molecule has 2 N–H and O–H groups in total. The van der Waals surface area contributed by atoms with Crippen LogP contribution in [-0.2, 0) is 22.6 Å². The van der Waals surface area contributed by atoms with Gasteiger partial charge in [-0.1, -0.05) is 48.0 Å². The number of carboxylic acid groups (broad SMARTS) is 2. The summed E-state index contributed by atoms with van der Waals surface area (Å²) in [5, 5.41) is 19.8. The van der Waals surface area contributed by atoms with E-state index in [2.05, 4.69) is 0 Å². The van der Waals surface area contributed by atoms with Crippen LogP contribution >= 0.6 is 11.6 Å². The maximum absolute atomic E-state index is 11.5. The van der Waals surface area contributed by atoms with Gasteiger partial charge in [0.1, 0.15) is 17.2 Å². The van der Waals surface area contributed by atoms with E-state index >= 15 is 0 Å². The Labute approximate surface area is 249 Å². The predicted molar refractivity (Wildman–Crippen MR) is 164 cm³/mol. The largest absolute Gasteiger partial charge is 0.497 e. The Bertz CT molecular complexity index is 1540. The number of benzene rings is 3. The van der Waals surface area contributed by atoms with Crippen LogP contribution in [0.3, 0.4) is 0 Å². The zero-order chi connectivity index (χ0) is 29.9. The molecule has 0 radical (unpaired) electrons. The molecule has 42 heavy (non-hydrogen) atoms. The molecule has 0 atom stereocenters. The number of carbonyl (C=O) groups is 2. The summed E-state index contributed by atoms with van der Waals surface area (Å²) in [6, 6.07) is 18.9. The monoisotopic (exact) mass is 591 g/mol. The van der Waals surface area contributed by atoms with Crippen LogP contribution in [0.25, 0.3) is 23.1 Å². The fourth-order valence-corrected chi connectivity index (χ4v) is 4.88. The fourth-order valence-electron chi connectivity index (χ4n) is 4.65. The summed E-state index contributed by atoms with van der Waals surface area (Å²) >= 11 is 6.20. The molecule has 8 nitrogen and oxygen atoms in total. The molecule has 0 saturated carbocycles. The van der Waals surface area contributed by atoms with Gasteiger partial charge in [0, 0.05) is 36.1 Å². The highest BCUT2D eigenvalue weighted by molar-refractivity contribution is 6.32. The van der Waals surface area contributed by atoms with Crippen molar-refractivity contribution in [2.45, 2.75) is 38.6 Å². The van der Waals surface area contributed by atoms with Gasteiger partial charge in [-0.2, -0.15) is 0 Å². The minimum Gasteiger partial charge on any atom is -0.497 e. The topological polar surface area (TPSA) is 107 Å². The van der Waals surface area contributed by atoms with Crippen LogP contribution in [0.4, 0.5) is 0 Å². The second-order valence-corrected chi connectivity index (χ2v) is 10.2. The number of aromatic nitrogens is 1. The Morgan fingerprint density at radius 3 is 2.31 bits per heavy atom. The second kappa shape index (κ2) is 15.0. The summed E-state index contributed by atoms with van der Waals surface area (Å²) in [7, 11) is 1.59. The third kappa shape index (κ3) is 8.54. The number of rotatable bonds is 16. The van der Waals surface area contributed by atoms with Gasteiger partial charge >= 0.3 is 11.9 Å². The minimum atomic E-state index is -0.914. The molecule has 4 aromatic rings. The Morgan fingerprint density at radius 1 is 0.881 bits per heavy atom. The third-order valence-corrected chi connectivity index (χ3v) is 6.98. The summed E-state index contributed by atoms with van der Waals surface area (Å²) in [6.07, 6.45) is 7.83. The van der Waals surface area contributed by atoms with Crippen LogP contribution in [0.5, 0.6) is 17.2 Å². The number of methoxy groups -OCH3 is 1. The lowest BCUT2D eigenvalue weighted by Gasteiger charge is -2.10. The van der Waals surface area contributed by atoms with Crippen molar-refractivity contribution in [3.8, 4) is 17.2 Å². The van der Waals surface area contributed by atoms with E-state index in [0.29, 0.717) is 48.3 Å². The molecule has 9 heteroatoms. The van der Waals surface area contributed by atoms with E-state index < -0.39 is 11.9 Å². The smallest absolute Gasteiger partial charge is 0.307 e.